The lowest BCUT2D eigenvalue weighted by Gasteiger charge is -2.29. The monoisotopic (exact) mass is 470 g/mol. The van der Waals surface area contributed by atoms with Gasteiger partial charge in [0.25, 0.3) is 0 Å². The molecule has 0 saturated heterocycles. The van der Waals surface area contributed by atoms with Crippen LogP contribution in [0.4, 0.5) is 0 Å². The maximum atomic E-state index is 12.6. The van der Waals surface area contributed by atoms with Crippen LogP contribution in [0.5, 0.6) is 5.75 Å². The highest BCUT2D eigenvalue weighted by molar-refractivity contribution is 7.99. The Balaban J connectivity index is 1.47. The lowest BCUT2D eigenvalue weighted by atomic mass is 9.86. The third-order valence-electron chi connectivity index (χ3n) is 5.70. The molecule has 1 amide bonds. The molecule has 1 N–H and O–H groups in total. The van der Waals surface area contributed by atoms with Crippen molar-refractivity contribution in [2.45, 2.75) is 50.4 Å². The van der Waals surface area contributed by atoms with Gasteiger partial charge in [-0.2, -0.15) is 0 Å². The molecule has 1 aliphatic carbocycles. The number of carbonyl (C=O) groups excluding carboxylic acids is 1. The van der Waals surface area contributed by atoms with Crippen LogP contribution >= 0.6 is 23.4 Å². The molecule has 2 aromatic carbocycles. The number of thioether (sulfide) groups is 1. The van der Waals surface area contributed by atoms with Crippen LogP contribution in [-0.2, 0) is 11.4 Å². The summed E-state index contributed by atoms with van der Waals surface area (Å²) in [6.07, 6.45) is 4.66. The molecule has 3 aromatic rings. The number of benzene rings is 2. The number of nitrogens with zero attached hydrogens (tertiary/aromatic N) is 3. The van der Waals surface area contributed by atoms with Gasteiger partial charge in [-0.1, -0.05) is 73.5 Å². The van der Waals surface area contributed by atoms with Crippen molar-refractivity contribution < 1.29 is 9.53 Å². The van der Waals surface area contributed by atoms with Crippen LogP contribution in [0.2, 0.25) is 5.02 Å². The zero-order chi connectivity index (χ0) is 22.3. The largest absolute Gasteiger partial charge is 0.484 e. The molecule has 1 aromatic heterocycles. The Bertz CT molecular complexity index is 1040. The molecule has 2 atom stereocenters. The molecule has 0 spiro atoms. The number of nitrogens with one attached hydrogen (secondary N) is 1. The van der Waals surface area contributed by atoms with Gasteiger partial charge in [0.05, 0.1) is 10.8 Å². The van der Waals surface area contributed by atoms with Gasteiger partial charge in [-0.05, 0) is 43.0 Å². The number of carbonyl (C=O) groups is 1. The molecule has 6 nitrogen and oxygen atoms in total. The van der Waals surface area contributed by atoms with E-state index in [2.05, 4.69) is 22.4 Å². The second kappa shape index (κ2) is 10.9. The standard InChI is InChI=1S/C24H27ClN4O2S/c1-17-9-5-7-13-20(17)26-23(30)16-32-24-28-27-22(29(24)18-10-3-2-4-11-18)15-31-21-14-8-6-12-19(21)25/h2-4,6,8,10-12,14,17,20H,5,7,9,13,15-16H2,1H3,(H,26,30). The molecule has 1 fully saturated rings. The van der Waals surface area contributed by atoms with E-state index in [0.29, 0.717) is 33.4 Å². The molecule has 0 bridgehead atoms. The highest BCUT2D eigenvalue weighted by Crippen LogP contribution is 2.27. The van der Waals surface area contributed by atoms with Crippen molar-refractivity contribution in [2.75, 3.05) is 5.75 Å². The van der Waals surface area contributed by atoms with Gasteiger partial charge in [-0.25, -0.2) is 0 Å². The van der Waals surface area contributed by atoms with Crippen LogP contribution in [0.15, 0.2) is 59.8 Å². The molecule has 1 aliphatic rings. The Morgan fingerprint density at radius 2 is 1.88 bits per heavy atom. The summed E-state index contributed by atoms with van der Waals surface area (Å²) in [6, 6.07) is 17.4. The Morgan fingerprint density at radius 3 is 2.66 bits per heavy atom. The molecular weight excluding hydrogens is 444 g/mol. The minimum absolute atomic E-state index is 0.0326. The van der Waals surface area contributed by atoms with E-state index in [9.17, 15) is 4.79 Å². The number of para-hydroxylation sites is 2. The number of ether oxygens (including phenoxy) is 1. The van der Waals surface area contributed by atoms with E-state index < -0.39 is 0 Å². The van der Waals surface area contributed by atoms with Crippen molar-refractivity contribution in [2.24, 2.45) is 5.92 Å². The predicted octanol–water partition coefficient (Wildman–Crippen LogP) is 5.29. The molecule has 1 saturated carbocycles. The Labute approximate surface area is 197 Å². The summed E-state index contributed by atoms with van der Waals surface area (Å²) in [7, 11) is 0. The van der Waals surface area contributed by atoms with E-state index in [0.717, 1.165) is 12.1 Å². The number of aromatic nitrogens is 3. The fraction of sp³-hybridized carbons (Fsp3) is 0.375. The average molecular weight is 471 g/mol. The van der Waals surface area contributed by atoms with Gasteiger partial charge in [-0.3, -0.25) is 9.36 Å². The molecule has 2 unspecified atom stereocenters. The quantitative estimate of drug-likeness (QED) is 0.453. The number of halogens is 1. The van der Waals surface area contributed by atoms with Crippen LogP contribution in [0.3, 0.4) is 0 Å². The van der Waals surface area contributed by atoms with Crippen LogP contribution in [0, 0.1) is 5.92 Å². The van der Waals surface area contributed by atoms with Crippen molar-refractivity contribution in [3.8, 4) is 11.4 Å². The van der Waals surface area contributed by atoms with Gasteiger partial charge in [0, 0.05) is 11.7 Å². The first-order chi connectivity index (χ1) is 15.6. The Kier molecular flexibility index (Phi) is 7.71. The van der Waals surface area contributed by atoms with Crippen LogP contribution in [0.25, 0.3) is 5.69 Å². The molecule has 0 radical (unpaired) electrons. The first kappa shape index (κ1) is 22.7. The zero-order valence-electron chi connectivity index (χ0n) is 18.0. The highest BCUT2D eigenvalue weighted by atomic mass is 35.5. The van der Waals surface area contributed by atoms with Crippen molar-refractivity contribution in [3.63, 3.8) is 0 Å². The summed E-state index contributed by atoms with van der Waals surface area (Å²) < 4.78 is 7.82. The molecule has 1 heterocycles. The zero-order valence-corrected chi connectivity index (χ0v) is 19.6. The van der Waals surface area contributed by atoms with E-state index in [1.807, 2.05) is 53.1 Å². The fourth-order valence-electron chi connectivity index (χ4n) is 3.94. The third-order valence-corrected chi connectivity index (χ3v) is 6.94. The summed E-state index contributed by atoms with van der Waals surface area (Å²) >= 11 is 7.59. The highest BCUT2D eigenvalue weighted by Gasteiger charge is 2.23. The Morgan fingerprint density at radius 1 is 1.12 bits per heavy atom. The number of amides is 1. The van der Waals surface area contributed by atoms with Crippen molar-refractivity contribution in [1.29, 1.82) is 0 Å². The Hall–Kier alpha value is -2.51. The minimum Gasteiger partial charge on any atom is -0.484 e. The van der Waals surface area contributed by atoms with Crippen LogP contribution in [-0.4, -0.2) is 32.5 Å². The average Bonchev–Trinajstić information content (AvgIpc) is 3.22. The number of hydrogen-bond acceptors (Lipinski definition) is 5. The minimum atomic E-state index is 0.0326. The van der Waals surface area contributed by atoms with Crippen molar-refractivity contribution in [1.82, 2.24) is 20.1 Å². The first-order valence-corrected chi connectivity index (χ1v) is 12.3. The molecule has 0 aliphatic heterocycles. The van der Waals surface area contributed by atoms with E-state index in [4.69, 9.17) is 16.3 Å². The van der Waals surface area contributed by atoms with Gasteiger partial charge in [0.2, 0.25) is 5.91 Å². The maximum Gasteiger partial charge on any atom is 0.230 e. The molecule has 4 rings (SSSR count). The normalized spacial score (nSPS) is 18.3. The predicted molar refractivity (Wildman–Crippen MR) is 127 cm³/mol. The summed E-state index contributed by atoms with van der Waals surface area (Å²) in [5.74, 6) is 2.08. The van der Waals surface area contributed by atoms with E-state index in [-0.39, 0.29) is 18.6 Å². The van der Waals surface area contributed by atoms with Crippen LogP contribution < -0.4 is 10.1 Å². The van der Waals surface area contributed by atoms with Gasteiger partial charge in [0.1, 0.15) is 12.4 Å². The fourth-order valence-corrected chi connectivity index (χ4v) is 4.91. The number of hydrogen-bond donors (Lipinski definition) is 1. The summed E-state index contributed by atoms with van der Waals surface area (Å²) in [5, 5.41) is 13.1. The van der Waals surface area contributed by atoms with Gasteiger partial charge >= 0.3 is 0 Å². The molecule has 168 valence electrons. The maximum absolute atomic E-state index is 12.6. The van der Waals surface area contributed by atoms with Crippen LogP contribution in [0.1, 0.15) is 38.4 Å². The van der Waals surface area contributed by atoms with Gasteiger partial charge < -0.3 is 10.1 Å². The van der Waals surface area contributed by atoms with E-state index in [1.54, 1.807) is 6.07 Å². The lowest BCUT2D eigenvalue weighted by Crippen LogP contribution is -2.41. The van der Waals surface area contributed by atoms with E-state index >= 15 is 0 Å². The van der Waals surface area contributed by atoms with Crippen molar-refractivity contribution >= 4 is 29.3 Å². The first-order valence-electron chi connectivity index (χ1n) is 10.9. The SMILES string of the molecule is CC1CCCCC1NC(=O)CSc1nnc(COc2ccccc2Cl)n1-c1ccccc1. The molecular formula is C24H27ClN4O2S. The van der Waals surface area contributed by atoms with E-state index in [1.165, 1.54) is 31.0 Å². The van der Waals surface area contributed by atoms with Gasteiger partial charge in [-0.15, -0.1) is 10.2 Å². The third kappa shape index (κ3) is 5.64. The second-order valence-electron chi connectivity index (χ2n) is 8.01. The molecule has 8 heteroatoms. The summed E-state index contributed by atoms with van der Waals surface area (Å²) in [6.45, 7) is 2.42. The van der Waals surface area contributed by atoms with Gasteiger partial charge in [0.15, 0.2) is 11.0 Å². The smallest absolute Gasteiger partial charge is 0.230 e. The topological polar surface area (TPSA) is 69.0 Å². The molecule has 32 heavy (non-hydrogen) atoms. The van der Waals surface area contributed by atoms with Crippen molar-refractivity contribution in [3.05, 3.63) is 65.4 Å². The second-order valence-corrected chi connectivity index (χ2v) is 9.36. The lowest BCUT2D eigenvalue weighted by molar-refractivity contribution is -0.119. The summed E-state index contributed by atoms with van der Waals surface area (Å²) in [4.78, 5) is 12.6. The number of rotatable bonds is 8. The summed E-state index contributed by atoms with van der Waals surface area (Å²) in [5.41, 5.74) is 0.916.